The fourth-order valence-electron chi connectivity index (χ4n) is 4.09. The summed E-state index contributed by atoms with van der Waals surface area (Å²) in [6, 6.07) is 7.67. The topological polar surface area (TPSA) is 83.8 Å². The molecule has 1 aliphatic heterocycles. The molecule has 2 heterocycles. The Labute approximate surface area is 194 Å². The second-order valence-corrected chi connectivity index (χ2v) is 9.23. The fraction of sp³-hybridized carbons (Fsp3) is 0.520. The molecule has 0 bridgehead atoms. The number of hydrogen-bond donors (Lipinski definition) is 2. The van der Waals surface area contributed by atoms with Crippen LogP contribution in [0.4, 0.5) is 4.39 Å². The number of pyridine rings is 1. The molecule has 180 valence electrons. The normalized spacial score (nSPS) is 14.9. The van der Waals surface area contributed by atoms with E-state index in [9.17, 15) is 19.1 Å². The quantitative estimate of drug-likeness (QED) is 0.600. The van der Waals surface area contributed by atoms with E-state index in [2.05, 4.69) is 10.2 Å². The minimum Gasteiger partial charge on any atom is -0.394 e. The average molecular weight is 460 g/mol. The molecule has 7 nitrogen and oxygen atoms in total. The predicted molar refractivity (Wildman–Crippen MR) is 125 cm³/mol. The van der Waals surface area contributed by atoms with Crippen molar-refractivity contribution in [1.82, 2.24) is 14.8 Å². The van der Waals surface area contributed by atoms with Gasteiger partial charge < -0.3 is 19.7 Å². The molecule has 33 heavy (non-hydrogen) atoms. The Kier molecular flexibility index (Phi) is 8.40. The van der Waals surface area contributed by atoms with Gasteiger partial charge in [0, 0.05) is 50.1 Å². The lowest BCUT2D eigenvalue weighted by molar-refractivity contribution is 0.0369. The number of amides is 1. The van der Waals surface area contributed by atoms with Crippen LogP contribution in [0.3, 0.4) is 0 Å². The molecule has 1 aliphatic rings. The molecule has 1 saturated heterocycles. The van der Waals surface area contributed by atoms with Crippen LogP contribution < -0.4 is 10.7 Å². The van der Waals surface area contributed by atoms with Crippen molar-refractivity contribution in [2.75, 3.05) is 39.5 Å². The first-order valence-electron chi connectivity index (χ1n) is 11.4. The van der Waals surface area contributed by atoms with Gasteiger partial charge in [0.15, 0.2) is 5.43 Å². The highest BCUT2D eigenvalue weighted by molar-refractivity contribution is 5.95. The van der Waals surface area contributed by atoms with Crippen LogP contribution in [0.15, 0.2) is 35.1 Å². The van der Waals surface area contributed by atoms with Gasteiger partial charge in [0.2, 0.25) is 0 Å². The summed E-state index contributed by atoms with van der Waals surface area (Å²) in [7, 11) is 0. The Morgan fingerprint density at radius 3 is 2.61 bits per heavy atom. The molecule has 0 spiro atoms. The number of ether oxygens (including phenoxy) is 1. The minimum atomic E-state index is -0.883. The summed E-state index contributed by atoms with van der Waals surface area (Å²) in [6.07, 6.45) is 1.08. The average Bonchev–Trinajstić information content (AvgIpc) is 2.76. The molecule has 2 aromatic rings. The van der Waals surface area contributed by atoms with E-state index in [1.807, 2.05) is 11.5 Å². The summed E-state index contributed by atoms with van der Waals surface area (Å²) >= 11 is 0. The Hall–Kier alpha value is -2.55. The molecule has 0 unspecified atom stereocenters. The zero-order chi connectivity index (χ0) is 24.0. The van der Waals surface area contributed by atoms with Crippen molar-refractivity contribution in [2.24, 2.45) is 0 Å². The van der Waals surface area contributed by atoms with Crippen molar-refractivity contribution in [3.8, 4) is 0 Å². The van der Waals surface area contributed by atoms with E-state index < -0.39 is 11.4 Å². The van der Waals surface area contributed by atoms with Crippen molar-refractivity contribution >= 4 is 5.91 Å². The first-order chi connectivity index (χ1) is 15.7. The Morgan fingerprint density at radius 1 is 1.21 bits per heavy atom. The van der Waals surface area contributed by atoms with Crippen molar-refractivity contribution in [1.29, 1.82) is 0 Å². The maximum Gasteiger partial charge on any atom is 0.257 e. The van der Waals surface area contributed by atoms with Crippen molar-refractivity contribution in [2.45, 2.75) is 45.7 Å². The number of aliphatic hydroxyl groups excluding tert-OH is 1. The van der Waals surface area contributed by atoms with E-state index in [-0.39, 0.29) is 29.8 Å². The van der Waals surface area contributed by atoms with Gasteiger partial charge in [-0.2, -0.15) is 0 Å². The summed E-state index contributed by atoms with van der Waals surface area (Å²) in [6.45, 7) is 9.71. The van der Waals surface area contributed by atoms with Crippen molar-refractivity contribution in [3.63, 3.8) is 0 Å². The highest BCUT2D eigenvalue weighted by Gasteiger charge is 2.26. The lowest BCUT2D eigenvalue weighted by Gasteiger charge is -2.28. The zero-order valence-electron chi connectivity index (χ0n) is 19.7. The predicted octanol–water partition coefficient (Wildman–Crippen LogP) is 2.11. The third kappa shape index (κ3) is 6.72. The van der Waals surface area contributed by atoms with E-state index in [0.29, 0.717) is 17.8 Å². The molecule has 1 aromatic carbocycles. The largest absolute Gasteiger partial charge is 0.394 e. The van der Waals surface area contributed by atoms with Gasteiger partial charge in [-0.1, -0.05) is 12.1 Å². The second-order valence-electron chi connectivity index (χ2n) is 9.23. The van der Waals surface area contributed by atoms with Crippen LogP contribution in [0.2, 0.25) is 0 Å². The van der Waals surface area contributed by atoms with Crippen LogP contribution in [-0.2, 0) is 17.7 Å². The first-order valence-corrected chi connectivity index (χ1v) is 11.4. The molecular weight excluding hydrogens is 425 g/mol. The molecule has 0 atom stereocenters. The zero-order valence-corrected chi connectivity index (χ0v) is 19.7. The molecule has 3 rings (SSSR count). The van der Waals surface area contributed by atoms with E-state index in [4.69, 9.17) is 4.74 Å². The number of benzene rings is 1. The number of rotatable bonds is 9. The van der Waals surface area contributed by atoms with Crippen LogP contribution in [0.25, 0.3) is 0 Å². The first kappa shape index (κ1) is 25.1. The van der Waals surface area contributed by atoms with Gasteiger partial charge in [-0.25, -0.2) is 4.39 Å². The summed E-state index contributed by atoms with van der Waals surface area (Å²) in [5.74, 6) is -0.902. The SMILES string of the molecule is Cc1cc(=O)c(C(=O)NC(C)(C)CO)c(Cc2cccc(F)c2)n1CCCN1CCOCC1. The smallest absolute Gasteiger partial charge is 0.257 e. The lowest BCUT2D eigenvalue weighted by atomic mass is 10.0. The van der Waals surface area contributed by atoms with Gasteiger partial charge in [-0.15, -0.1) is 0 Å². The Balaban J connectivity index is 1.96. The summed E-state index contributed by atoms with van der Waals surface area (Å²) < 4.78 is 21.3. The lowest BCUT2D eigenvalue weighted by Crippen LogP contribution is -2.48. The molecule has 8 heteroatoms. The number of aryl methyl sites for hydroxylation is 1. The maximum atomic E-state index is 13.9. The third-order valence-corrected chi connectivity index (χ3v) is 5.92. The summed E-state index contributed by atoms with van der Waals surface area (Å²) in [5, 5.41) is 12.3. The monoisotopic (exact) mass is 459 g/mol. The van der Waals surface area contributed by atoms with Gasteiger partial charge in [0.05, 0.1) is 25.4 Å². The molecule has 2 N–H and O–H groups in total. The van der Waals surface area contributed by atoms with Crippen LogP contribution in [-0.4, -0.2) is 65.5 Å². The van der Waals surface area contributed by atoms with Crippen LogP contribution >= 0.6 is 0 Å². The minimum absolute atomic E-state index is 0.0396. The Morgan fingerprint density at radius 2 is 1.94 bits per heavy atom. The standard InChI is InChI=1S/C25H34FN3O4/c1-18-14-22(31)23(24(32)27-25(2,3)17-30)21(16-19-6-4-7-20(26)15-19)29(18)9-5-8-28-10-12-33-13-11-28/h4,6-7,14-15,30H,5,8-13,16-17H2,1-3H3,(H,27,32). The highest BCUT2D eigenvalue weighted by atomic mass is 19.1. The summed E-state index contributed by atoms with van der Waals surface area (Å²) in [4.78, 5) is 28.5. The van der Waals surface area contributed by atoms with Crippen LogP contribution in [0, 0.1) is 12.7 Å². The number of halogens is 1. The number of aliphatic hydroxyl groups is 1. The number of hydrogen-bond acceptors (Lipinski definition) is 5. The molecule has 1 aromatic heterocycles. The van der Waals surface area contributed by atoms with Gasteiger partial charge in [0.1, 0.15) is 11.4 Å². The molecule has 1 fully saturated rings. The molecule has 0 aliphatic carbocycles. The van der Waals surface area contributed by atoms with Gasteiger partial charge >= 0.3 is 0 Å². The molecular formula is C25H34FN3O4. The van der Waals surface area contributed by atoms with Crippen LogP contribution in [0.1, 0.15) is 47.6 Å². The third-order valence-electron chi connectivity index (χ3n) is 5.92. The van der Waals surface area contributed by atoms with Crippen molar-refractivity contribution < 1.29 is 19.0 Å². The van der Waals surface area contributed by atoms with Crippen LogP contribution in [0.5, 0.6) is 0 Å². The molecule has 1 amide bonds. The Bertz CT molecular complexity index is 1030. The number of aromatic nitrogens is 1. The number of nitrogens with one attached hydrogen (secondary N) is 1. The second kappa shape index (κ2) is 11.0. The van der Waals surface area contributed by atoms with Gasteiger partial charge in [0.25, 0.3) is 5.91 Å². The van der Waals surface area contributed by atoms with Gasteiger partial charge in [-0.05, 0) is 44.9 Å². The fourth-order valence-corrected chi connectivity index (χ4v) is 4.09. The number of carbonyl (C=O) groups is 1. The number of morpholine rings is 1. The number of nitrogens with zero attached hydrogens (tertiary/aromatic N) is 2. The van der Waals surface area contributed by atoms with Gasteiger partial charge in [-0.3, -0.25) is 14.5 Å². The maximum absolute atomic E-state index is 13.9. The molecule has 0 radical (unpaired) electrons. The number of carbonyl (C=O) groups excluding carboxylic acids is 1. The molecule has 0 saturated carbocycles. The van der Waals surface area contributed by atoms with E-state index in [1.54, 1.807) is 26.0 Å². The van der Waals surface area contributed by atoms with E-state index in [1.165, 1.54) is 18.2 Å². The highest BCUT2D eigenvalue weighted by Crippen LogP contribution is 2.18. The van der Waals surface area contributed by atoms with E-state index in [0.717, 1.165) is 45.0 Å². The van der Waals surface area contributed by atoms with Crippen molar-refractivity contribution in [3.05, 3.63) is 68.9 Å². The summed E-state index contributed by atoms with van der Waals surface area (Å²) in [5.41, 5.74) is 0.765. The van der Waals surface area contributed by atoms with E-state index >= 15 is 0 Å².